The van der Waals surface area contributed by atoms with Crippen molar-refractivity contribution in [1.82, 2.24) is 4.57 Å². The largest absolute Gasteiger partial charge is 0.310 e. The first kappa shape index (κ1) is 10.7. The van der Waals surface area contributed by atoms with Crippen LogP contribution in [0.3, 0.4) is 0 Å². The van der Waals surface area contributed by atoms with E-state index in [2.05, 4.69) is 0 Å². The van der Waals surface area contributed by atoms with Gasteiger partial charge < -0.3 is 4.57 Å². The predicted molar refractivity (Wildman–Crippen MR) is 55.8 cm³/mol. The van der Waals surface area contributed by atoms with E-state index in [0.29, 0.717) is 0 Å². The van der Waals surface area contributed by atoms with Gasteiger partial charge in [-0.25, -0.2) is 0 Å². The molecular formula is C11H15NO2. The number of nitrogens with zero attached hydrogens (tertiary/aromatic N) is 1. The average molecular weight is 193 g/mol. The highest BCUT2D eigenvalue weighted by atomic mass is 16.1. The van der Waals surface area contributed by atoms with E-state index in [1.807, 2.05) is 20.8 Å². The van der Waals surface area contributed by atoms with E-state index >= 15 is 0 Å². The molecule has 3 heteroatoms. The molecule has 0 aliphatic rings. The van der Waals surface area contributed by atoms with Gasteiger partial charge in [0.1, 0.15) is 0 Å². The van der Waals surface area contributed by atoms with Crippen molar-refractivity contribution in [2.75, 3.05) is 0 Å². The van der Waals surface area contributed by atoms with Crippen molar-refractivity contribution in [2.24, 2.45) is 0 Å². The third-order valence-electron chi connectivity index (χ3n) is 2.22. The minimum absolute atomic E-state index is 0.0850. The number of carbonyl (C=O) groups is 1. The Bertz CT molecular complexity index is 416. The Kier molecular flexibility index (Phi) is 2.89. The van der Waals surface area contributed by atoms with Crippen LogP contribution < -0.4 is 5.56 Å². The molecule has 0 aliphatic carbocycles. The number of ketones is 1. The molecule has 0 aromatic carbocycles. The molecule has 0 aliphatic heterocycles. The zero-order valence-electron chi connectivity index (χ0n) is 9.00. The van der Waals surface area contributed by atoms with Gasteiger partial charge in [-0.05, 0) is 39.8 Å². The normalized spacial score (nSPS) is 10.6. The molecule has 1 heterocycles. The van der Waals surface area contributed by atoms with E-state index in [0.717, 1.165) is 5.69 Å². The van der Waals surface area contributed by atoms with Gasteiger partial charge in [0.25, 0.3) is 5.56 Å². The highest BCUT2D eigenvalue weighted by Gasteiger charge is 2.11. The molecular weight excluding hydrogens is 178 g/mol. The highest BCUT2D eigenvalue weighted by molar-refractivity contribution is 5.93. The lowest BCUT2D eigenvalue weighted by atomic mass is 10.1. The first-order valence-corrected chi connectivity index (χ1v) is 4.68. The van der Waals surface area contributed by atoms with Crippen molar-refractivity contribution in [3.63, 3.8) is 0 Å². The molecule has 0 unspecified atom stereocenters. The van der Waals surface area contributed by atoms with Gasteiger partial charge >= 0.3 is 0 Å². The summed E-state index contributed by atoms with van der Waals surface area (Å²) in [4.78, 5) is 23.0. The summed E-state index contributed by atoms with van der Waals surface area (Å²) < 4.78 is 1.64. The molecule has 0 atom stereocenters. The minimum Gasteiger partial charge on any atom is -0.310 e. The molecule has 1 aromatic rings. The molecule has 0 amide bonds. The van der Waals surface area contributed by atoms with Crippen molar-refractivity contribution in [3.8, 4) is 0 Å². The van der Waals surface area contributed by atoms with E-state index in [1.54, 1.807) is 16.7 Å². The molecule has 14 heavy (non-hydrogen) atoms. The Hall–Kier alpha value is -1.38. The van der Waals surface area contributed by atoms with Crippen LogP contribution in [0.4, 0.5) is 0 Å². The Morgan fingerprint density at radius 2 is 1.93 bits per heavy atom. The van der Waals surface area contributed by atoms with Crippen molar-refractivity contribution in [3.05, 3.63) is 33.7 Å². The summed E-state index contributed by atoms with van der Waals surface area (Å²) >= 11 is 0. The van der Waals surface area contributed by atoms with Crippen LogP contribution in [0.2, 0.25) is 0 Å². The van der Waals surface area contributed by atoms with Crippen LogP contribution in [0.15, 0.2) is 16.9 Å². The Balaban J connectivity index is 3.50. The maximum atomic E-state index is 11.8. The quantitative estimate of drug-likeness (QED) is 0.673. The number of Topliss-reactive ketones (excluding diaryl/α,β-unsaturated/α-hetero) is 1. The summed E-state index contributed by atoms with van der Waals surface area (Å²) in [6, 6.07) is 3.48. The number of aromatic nitrogens is 1. The van der Waals surface area contributed by atoms with Crippen molar-refractivity contribution < 1.29 is 4.79 Å². The van der Waals surface area contributed by atoms with E-state index in [1.165, 1.54) is 6.92 Å². The summed E-state index contributed by atoms with van der Waals surface area (Å²) in [5.74, 6) is -0.176. The molecule has 1 rings (SSSR count). The van der Waals surface area contributed by atoms with Crippen LogP contribution in [0.1, 0.15) is 42.9 Å². The van der Waals surface area contributed by atoms with E-state index < -0.39 is 0 Å². The molecule has 0 saturated heterocycles. The van der Waals surface area contributed by atoms with Crippen LogP contribution in [-0.2, 0) is 0 Å². The molecule has 1 aromatic heterocycles. The van der Waals surface area contributed by atoms with Crippen molar-refractivity contribution >= 4 is 5.78 Å². The topological polar surface area (TPSA) is 39.1 Å². The molecule has 0 radical (unpaired) electrons. The molecule has 0 N–H and O–H groups in total. The second-order valence-corrected chi connectivity index (χ2v) is 3.71. The van der Waals surface area contributed by atoms with Gasteiger partial charge in [-0.15, -0.1) is 0 Å². The Morgan fingerprint density at radius 3 is 2.36 bits per heavy atom. The van der Waals surface area contributed by atoms with Gasteiger partial charge in [-0.3, -0.25) is 9.59 Å². The van der Waals surface area contributed by atoms with Gasteiger partial charge in [0.05, 0.1) is 5.56 Å². The predicted octanol–water partition coefficient (Wildman–Crippen LogP) is 1.94. The molecule has 0 spiro atoms. The van der Waals surface area contributed by atoms with Gasteiger partial charge in [0, 0.05) is 11.7 Å². The summed E-state index contributed by atoms with van der Waals surface area (Å²) in [5.41, 5.74) is 0.965. The lowest BCUT2D eigenvalue weighted by Gasteiger charge is -2.14. The van der Waals surface area contributed by atoms with Crippen LogP contribution in [0.5, 0.6) is 0 Å². The van der Waals surface area contributed by atoms with E-state index in [-0.39, 0.29) is 22.9 Å². The number of hydrogen-bond donors (Lipinski definition) is 0. The molecule has 0 fully saturated rings. The fourth-order valence-electron chi connectivity index (χ4n) is 1.56. The summed E-state index contributed by atoms with van der Waals surface area (Å²) in [5, 5.41) is 0. The maximum Gasteiger partial charge on any atom is 0.261 e. The monoisotopic (exact) mass is 193 g/mol. The second kappa shape index (κ2) is 3.78. The smallest absolute Gasteiger partial charge is 0.261 e. The van der Waals surface area contributed by atoms with E-state index in [9.17, 15) is 9.59 Å². The second-order valence-electron chi connectivity index (χ2n) is 3.71. The van der Waals surface area contributed by atoms with E-state index in [4.69, 9.17) is 0 Å². The Labute approximate surface area is 83.4 Å². The number of pyridine rings is 1. The molecule has 76 valence electrons. The van der Waals surface area contributed by atoms with Gasteiger partial charge in [0.2, 0.25) is 0 Å². The summed E-state index contributed by atoms with van der Waals surface area (Å²) in [7, 11) is 0. The first-order valence-electron chi connectivity index (χ1n) is 4.68. The lowest BCUT2D eigenvalue weighted by molar-refractivity contribution is 0.101. The molecule has 3 nitrogen and oxygen atoms in total. The average Bonchev–Trinajstić information content (AvgIpc) is 2.02. The summed E-state index contributed by atoms with van der Waals surface area (Å²) in [6.07, 6.45) is 0. The van der Waals surface area contributed by atoms with Crippen LogP contribution >= 0.6 is 0 Å². The van der Waals surface area contributed by atoms with Gasteiger partial charge in [-0.1, -0.05) is 0 Å². The van der Waals surface area contributed by atoms with Crippen LogP contribution in [-0.4, -0.2) is 10.4 Å². The standard InChI is InChI=1S/C11H15NO2/c1-7(2)12-8(3)5-6-10(9(4)13)11(12)14/h5-7H,1-4H3. The third-order valence-corrected chi connectivity index (χ3v) is 2.22. The van der Waals surface area contributed by atoms with Crippen LogP contribution in [0, 0.1) is 6.92 Å². The van der Waals surface area contributed by atoms with Crippen LogP contribution in [0.25, 0.3) is 0 Å². The van der Waals surface area contributed by atoms with Gasteiger partial charge in [-0.2, -0.15) is 0 Å². The molecule has 0 bridgehead atoms. The zero-order valence-corrected chi connectivity index (χ0v) is 9.00. The van der Waals surface area contributed by atoms with Crippen molar-refractivity contribution in [1.29, 1.82) is 0 Å². The fourth-order valence-corrected chi connectivity index (χ4v) is 1.56. The highest BCUT2D eigenvalue weighted by Crippen LogP contribution is 2.06. The number of rotatable bonds is 2. The minimum atomic E-state index is -0.187. The Morgan fingerprint density at radius 1 is 1.36 bits per heavy atom. The SMILES string of the molecule is CC(=O)c1ccc(C)n(C(C)C)c1=O. The first-order chi connectivity index (χ1) is 6.45. The number of carbonyl (C=O) groups excluding carboxylic acids is 1. The molecule has 0 saturated carbocycles. The van der Waals surface area contributed by atoms with Crippen molar-refractivity contribution in [2.45, 2.75) is 33.7 Å². The number of aryl methyl sites for hydroxylation is 1. The summed E-state index contributed by atoms with van der Waals surface area (Å²) in [6.45, 7) is 7.14. The third kappa shape index (κ3) is 1.76. The zero-order chi connectivity index (χ0) is 10.9. The van der Waals surface area contributed by atoms with Gasteiger partial charge in [0.15, 0.2) is 5.78 Å². The lowest BCUT2D eigenvalue weighted by Crippen LogP contribution is -2.28. The number of hydrogen-bond acceptors (Lipinski definition) is 2. The maximum absolute atomic E-state index is 11.8. The fraction of sp³-hybridized carbons (Fsp3) is 0.455.